The molecule has 0 aromatic carbocycles. The fourth-order valence-electron chi connectivity index (χ4n) is 2.09. The third-order valence-electron chi connectivity index (χ3n) is 4.91. The summed E-state index contributed by atoms with van der Waals surface area (Å²) in [7, 11) is 0. The van der Waals surface area contributed by atoms with Crippen LogP contribution >= 0.6 is 0 Å². The minimum absolute atomic E-state index is 1.38. The van der Waals surface area contributed by atoms with Crippen LogP contribution in [0.4, 0.5) is 180 Å². The fraction of sp³-hybridized carbons (Fsp3) is 1.00. The van der Waals surface area contributed by atoms with E-state index in [4.69, 9.17) is 0 Å². The molecule has 0 aromatic heterocycles. The molecule has 0 heterocycles. The van der Waals surface area contributed by atoms with Crippen LogP contribution in [0, 0.1) is 0 Å². The topological polar surface area (TPSA) is 36.9 Å². The Hall–Kier alpha value is -3.03. The van der Waals surface area contributed by atoms with Gasteiger partial charge in [-0.2, -0.15) is 127 Å². The van der Waals surface area contributed by atoms with Crippen molar-refractivity contribution in [3.05, 3.63) is 0 Å². The number of ether oxygens (including phenoxy) is 4. The highest BCUT2D eigenvalue weighted by atomic mass is 19.5. The lowest BCUT2D eigenvalue weighted by Crippen LogP contribution is -2.62. The molecule has 4 nitrogen and oxygen atoms in total. The van der Waals surface area contributed by atoms with Gasteiger partial charge in [0.05, 0.1) is 26.1 Å². The van der Waals surface area contributed by atoms with Crippen LogP contribution < -0.4 is 0 Å². The van der Waals surface area contributed by atoms with Gasteiger partial charge in [-0.05, 0) is 0 Å². The molecule has 418 valence electrons. The second kappa shape index (κ2) is 25.4. The van der Waals surface area contributed by atoms with Crippen LogP contribution in [0.3, 0.4) is 0 Å². The molecule has 0 rings (SSSR count). The second-order valence-corrected chi connectivity index (χ2v) is 10.6. The summed E-state index contributed by atoms with van der Waals surface area (Å²) in [5, 5.41) is 0. The average Bonchev–Trinajstić information content (AvgIpc) is 2.98. The smallest absolute Gasteiger partial charge is 0.296 e. The number of hydrogen-bond acceptors (Lipinski definition) is 4. The van der Waals surface area contributed by atoms with E-state index in [9.17, 15) is 180 Å². The van der Waals surface area contributed by atoms with Gasteiger partial charge in [0.1, 0.15) is 0 Å². The van der Waals surface area contributed by atoms with E-state index >= 15 is 0 Å². The minimum Gasteiger partial charge on any atom is -0.296 e. The summed E-state index contributed by atoms with van der Waals surface area (Å²) in [6, 6.07) is 0. The Morgan fingerprint density at radius 3 is 0.853 bits per heavy atom. The van der Waals surface area contributed by atoms with Crippen molar-refractivity contribution in [2.45, 2.75) is 124 Å². The zero-order valence-electron chi connectivity index (χ0n) is 30.1. The Labute approximate surface area is 344 Å². The third-order valence-corrected chi connectivity index (χ3v) is 4.91. The van der Waals surface area contributed by atoms with Crippen molar-refractivity contribution in [2.75, 3.05) is 19.9 Å². The first-order valence-corrected chi connectivity index (χ1v) is 14.5. The highest BCUT2D eigenvalue weighted by molar-refractivity contribution is 4.94. The van der Waals surface area contributed by atoms with E-state index in [1.54, 1.807) is 4.74 Å². The molecule has 45 heteroatoms. The minimum atomic E-state index is -7.48. The Morgan fingerprint density at radius 1 is 0.368 bits per heavy atom. The van der Waals surface area contributed by atoms with Crippen LogP contribution in [0.5, 0.6) is 0 Å². The zero-order valence-corrected chi connectivity index (χ0v) is 30.1. The highest BCUT2D eigenvalue weighted by Crippen LogP contribution is 2.52. The van der Waals surface area contributed by atoms with E-state index in [0.717, 1.165) is 0 Å². The van der Waals surface area contributed by atoms with Crippen molar-refractivity contribution >= 4 is 0 Å². The molecule has 0 saturated heterocycles. The van der Waals surface area contributed by atoms with Gasteiger partial charge in [0.15, 0.2) is 12.8 Å². The molecule has 0 aliphatic carbocycles. The SMILES string of the molecule is FC(F)(F)C(OC(F)(F)C(F)(F)C(F)(F)F)C(F)(F)C(F)(F)F.FC(F)(F)CCOC(F)(F)F.FC(F)(F)CCOC(F)(F)F.FC(F)CC(OC(F)(F)F)C(F)(F)F.FCC(F)(F)C(F)(F)F. The van der Waals surface area contributed by atoms with Crippen molar-refractivity contribution < 1.29 is 199 Å². The maximum Gasteiger partial charge on any atom is 0.523 e. The highest BCUT2D eigenvalue weighted by Gasteiger charge is 2.79. The Bertz CT molecular complexity index is 1290. The molecule has 0 saturated carbocycles. The summed E-state index contributed by atoms with van der Waals surface area (Å²) in [6.45, 7) is -5.46. The van der Waals surface area contributed by atoms with Gasteiger partial charge in [-0.25, -0.2) is 13.2 Å². The summed E-state index contributed by atoms with van der Waals surface area (Å²) < 4.78 is 481. The van der Waals surface area contributed by atoms with Crippen molar-refractivity contribution in [3.63, 3.8) is 0 Å². The maximum atomic E-state index is 12.5. The molecule has 0 spiro atoms. The van der Waals surface area contributed by atoms with Gasteiger partial charge < -0.3 is 0 Å². The molecule has 0 fully saturated rings. The molecular weight excluding hydrogens is 1120 g/mol. The standard InChI is InChI=1S/C7HF15O.C5H4F8O.2C4H4F6O.C3H2F6/c8-2(9,5(15,16)17)1(3(10,11)12)23-7(21,22)4(13,14)6(18,19)20;6-3(7)1-2(4(8,9)10)14-5(11,12)13;2*5-3(6,7)1-2-11-4(8,9)10;4-1-2(5,6)3(7,8)9/h1H;2-3H,1H2;2*1-2H2;1H2. The van der Waals surface area contributed by atoms with Crippen LogP contribution in [0.2, 0.25) is 0 Å². The summed E-state index contributed by atoms with van der Waals surface area (Å²) in [6.07, 6.45) is -83.3. The van der Waals surface area contributed by atoms with Gasteiger partial charge in [-0.3, -0.25) is 18.9 Å². The number of rotatable bonds is 12. The van der Waals surface area contributed by atoms with Gasteiger partial charge in [-0.1, -0.05) is 0 Å². The van der Waals surface area contributed by atoms with Crippen molar-refractivity contribution in [1.29, 1.82) is 0 Å². The Kier molecular flexibility index (Phi) is 27.6. The Balaban J connectivity index is -0.000000255. The second-order valence-electron chi connectivity index (χ2n) is 10.6. The van der Waals surface area contributed by atoms with Crippen LogP contribution in [-0.2, 0) is 18.9 Å². The van der Waals surface area contributed by atoms with Gasteiger partial charge >= 0.3 is 86.2 Å². The van der Waals surface area contributed by atoms with Crippen molar-refractivity contribution in [1.82, 2.24) is 0 Å². The van der Waals surface area contributed by atoms with Gasteiger partial charge in [0, 0.05) is 6.42 Å². The maximum absolute atomic E-state index is 12.5. The zero-order chi connectivity index (χ0) is 56.8. The summed E-state index contributed by atoms with van der Waals surface area (Å²) in [4.78, 5) is 0. The van der Waals surface area contributed by atoms with Crippen LogP contribution in [-0.4, -0.2) is 125 Å². The van der Waals surface area contributed by atoms with E-state index in [0.29, 0.717) is 0 Å². The van der Waals surface area contributed by atoms with Gasteiger partial charge in [0.2, 0.25) is 12.5 Å². The van der Waals surface area contributed by atoms with Crippen molar-refractivity contribution in [3.8, 4) is 0 Å². The molecular formula is C23H15F41O4. The molecule has 0 N–H and O–H groups in total. The number of alkyl halides is 41. The van der Waals surface area contributed by atoms with E-state index < -0.39 is 144 Å². The molecule has 0 aliphatic rings. The van der Waals surface area contributed by atoms with E-state index in [2.05, 4.69) is 14.2 Å². The first kappa shape index (κ1) is 73.9. The van der Waals surface area contributed by atoms with E-state index in [1.165, 1.54) is 0 Å². The largest absolute Gasteiger partial charge is 0.523 e. The lowest BCUT2D eigenvalue weighted by atomic mass is 10.1. The fourth-order valence-corrected chi connectivity index (χ4v) is 2.09. The quantitative estimate of drug-likeness (QED) is 0.183. The molecule has 0 aromatic rings. The molecule has 2 atom stereocenters. The Morgan fingerprint density at radius 2 is 0.691 bits per heavy atom. The number of hydrogen-bond donors (Lipinski definition) is 0. The normalized spacial score (nSPS) is 15.4. The molecule has 2 unspecified atom stereocenters. The van der Waals surface area contributed by atoms with E-state index in [-0.39, 0.29) is 0 Å². The first-order valence-electron chi connectivity index (χ1n) is 14.5. The first-order chi connectivity index (χ1) is 28.8. The molecule has 0 aliphatic heterocycles. The summed E-state index contributed by atoms with van der Waals surface area (Å²) in [5.41, 5.74) is 0. The van der Waals surface area contributed by atoms with Gasteiger partial charge in [0.25, 0.3) is 0 Å². The monoisotopic (exact) mass is 1130 g/mol. The molecule has 0 radical (unpaired) electrons. The predicted molar refractivity (Wildman–Crippen MR) is 128 cm³/mol. The summed E-state index contributed by atoms with van der Waals surface area (Å²) in [5.74, 6) is -19.9. The van der Waals surface area contributed by atoms with Crippen LogP contribution in [0.15, 0.2) is 0 Å². The number of halogens is 41. The van der Waals surface area contributed by atoms with Gasteiger partial charge in [-0.15, -0.1) is 39.5 Å². The summed E-state index contributed by atoms with van der Waals surface area (Å²) >= 11 is 0. The molecule has 68 heavy (non-hydrogen) atoms. The lowest BCUT2D eigenvalue weighted by Gasteiger charge is -2.35. The van der Waals surface area contributed by atoms with E-state index in [1.807, 2.05) is 0 Å². The molecule has 0 amide bonds. The van der Waals surface area contributed by atoms with Crippen molar-refractivity contribution in [2.24, 2.45) is 0 Å². The average molecular weight is 1130 g/mol. The predicted octanol–water partition coefficient (Wildman–Crippen LogP) is 15.1. The third kappa shape index (κ3) is 34.3. The molecule has 0 bridgehead atoms. The van der Waals surface area contributed by atoms with Crippen LogP contribution in [0.1, 0.15) is 19.3 Å². The van der Waals surface area contributed by atoms with Crippen LogP contribution in [0.25, 0.3) is 0 Å². The lowest BCUT2D eigenvalue weighted by molar-refractivity contribution is -0.470.